The van der Waals surface area contributed by atoms with E-state index < -0.39 is 6.09 Å². The zero-order valence-corrected chi connectivity index (χ0v) is 17.4. The molecule has 4 rings (SSSR count). The lowest BCUT2D eigenvalue weighted by Crippen LogP contribution is -2.26. The Bertz CT molecular complexity index is 1080. The van der Waals surface area contributed by atoms with E-state index in [0.29, 0.717) is 26.1 Å². The molecule has 1 aliphatic rings. The summed E-state index contributed by atoms with van der Waals surface area (Å²) in [5, 5.41) is 2.80. The number of ether oxygens (including phenoxy) is 1. The van der Waals surface area contributed by atoms with Crippen molar-refractivity contribution in [2.24, 2.45) is 5.73 Å². The summed E-state index contributed by atoms with van der Waals surface area (Å²) in [6.07, 6.45) is 0.955. The summed E-state index contributed by atoms with van der Waals surface area (Å²) in [4.78, 5) is 12.2. The van der Waals surface area contributed by atoms with E-state index in [-0.39, 0.29) is 5.92 Å². The summed E-state index contributed by atoms with van der Waals surface area (Å²) in [6, 6.07) is 24.6. The van der Waals surface area contributed by atoms with Crippen LogP contribution in [0.4, 0.5) is 4.79 Å². The number of carbonyl (C=O) groups excluding carboxylic acids is 1. The normalized spacial score (nSPS) is 11.8. The van der Waals surface area contributed by atoms with Gasteiger partial charge in [-0.15, -0.1) is 0 Å². The highest BCUT2D eigenvalue weighted by Gasteiger charge is 2.28. The average molecular weight is 411 g/mol. The lowest BCUT2D eigenvalue weighted by molar-refractivity contribution is 0.143. The van der Waals surface area contributed by atoms with Crippen LogP contribution in [0.1, 0.15) is 34.6 Å². The van der Waals surface area contributed by atoms with Gasteiger partial charge in [-0.1, -0.05) is 78.6 Å². The summed E-state index contributed by atoms with van der Waals surface area (Å²) in [7, 11) is 0. The second kappa shape index (κ2) is 9.97. The van der Waals surface area contributed by atoms with E-state index in [0.717, 1.165) is 17.5 Å². The number of fused-ring (bicyclic) bond motifs is 3. The first-order valence-corrected chi connectivity index (χ1v) is 10.6. The third kappa shape index (κ3) is 4.79. The number of amides is 1. The van der Waals surface area contributed by atoms with Crippen LogP contribution in [0.15, 0.2) is 72.8 Å². The number of hydrogen-bond acceptors (Lipinski definition) is 3. The summed E-state index contributed by atoms with van der Waals surface area (Å²) >= 11 is 0. The summed E-state index contributed by atoms with van der Waals surface area (Å²) < 4.78 is 5.54. The van der Waals surface area contributed by atoms with E-state index in [4.69, 9.17) is 10.5 Å². The SMILES string of the molecule is NCCc1ccccc1C#CCCNC(=O)OCC1c2ccccc2-c2ccccc21. The first-order valence-electron chi connectivity index (χ1n) is 10.6. The highest BCUT2D eigenvalue weighted by molar-refractivity contribution is 5.79. The highest BCUT2D eigenvalue weighted by atomic mass is 16.5. The monoisotopic (exact) mass is 410 g/mol. The molecule has 0 saturated carbocycles. The predicted molar refractivity (Wildman–Crippen MR) is 124 cm³/mol. The minimum absolute atomic E-state index is 0.0667. The van der Waals surface area contributed by atoms with Crippen molar-refractivity contribution in [1.29, 1.82) is 0 Å². The average Bonchev–Trinajstić information content (AvgIpc) is 3.12. The van der Waals surface area contributed by atoms with Gasteiger partial charge in [0.25, 0.3) is 0 Å². The van der Waals surface area contributed by atoms with Crippen LogP contribution in [0.25, 0.3) is 11.1 Å². The molecule has 0 saturated heterocycles. The second-order valence-electron chi connectivity index (χ2n) is 7.50. The van der Waals surface area contributed by atoms with E-state index in [1.807, 2.05) is 48.5 Å². The molecule has 3 N–H and O–H groups in total. The van der Waals surface area contributed by atoms with Crippen molar-refractivity contribution in [2.75, 3.05) is 19.7 Å². The van der Waals surface area contributed by atoms with Gasteiger partial charge in [0.15, 0.2) is 0 Å². The fourth-order valence-corrected chi connectivity index (χ4v) is 4.05. The fourth-order valence-electron chi connectivity index (χ4n) is 4.05. The molecular formula is C27H26N2O2. The molecule has 31 heavy (non-hydrogen) atoms. The quantitative estimate of drug-likeness (QED) is 0.466. The Kier molecular flexibility index (Phi) is 6.66. The van der Waals surface area contributed by atoms with Crippen LogP contribution in [0.2, 0.25) is 0 Å². The van der Waals surface area contributed by atoms with Gasteiger partial charge in [0, 0.05) is 24.4 Å². The maximum Gasteiger partial charge on any atom is 0.407 e. The zero-order valence-electron chi connectivity index (χ0n) is 17.4. The molecule has 0 unspecified atom stereocenters. The van der Waals surface area contributed by atoms with E-state index in [1.54, 1.807) is 0 Å². The fraction of sp³-hybridized carbons (Fsp3) is 0.222. The molecule has 1 aliphatic carbocycles. The molecule has 4 nitrogen and oxygen atoms in total. The van der Waals surface area contributed by atoms with Gasteiger partial charge in [0.1, 0.15) is 6.61 Å². The van der Waals surface area contributed by atoms with Crippen LogP contribution in [-0.4, -0.2) is 25.8 Å². The topological polar surface area (TPSA) is 64.3 Å². The second-order valence-corrected chi connectivity index (χ2v) is 7.50. The maximum atomic E-state index is 12.2. The van der Waals surface area contributed by atoms with Crippen LogP contribution < -0.4 is 11.1 Å². The van der Waals surface area contributed by atoms with Gasteiger partial charge in [0.2, 0.25) is 0 Å². The van der Waals surface area contributed by atoms with Crippen LogP contribution in [0, 0.1) is 11.8 Å². The van der Waals surface area contributed by atoms with Gasteiger partial charge >= 0.3 is 6.09 Å². The molecule has 4 heteroatoms. The number of alkyl carbamates (subject to hydrolysis) is 1. The number of hydrogen-bond donors (Lipinski definition) is 2. The lowest BCUT2D eigenvalue weighted by Gasteiger charge is -2.14. The number of nitrogens with one attached hydrogen (secondary N) is 1. The third-order valence-electron chi connectivity index (χ3n) is 5.52. The Hall–Kier alpha value is -3.55. The van der Waals surface area contributed by atoms with Crippen molar-refractivity contribution in [3.8, 4) is 23.0 Å². The largest absolute Gasteiger partial charge is 0.449 e. The summed E-state index contributed by atoms with van der Waals surface area (Å²) in [5.74, 6) is 6.36. The van der Waals surface area contributed by atoms with E-state index in [2.05, 4.69) is 41.4 Å². The Balaban J connectivity index is 1.29. The predicted octanol–water partition coefficient (Wildman–Crippen LogP) is 4.47. The molecule has 3 aromatic rings. The minimum atomic E-state index is -0.410. The van der Waals surface area contributed by atoms with E-state index in [1.165, 1.54) is 22.3 Å². The Labute approximate surface area is 183 Å². The summed E-state index contributed by atoms with van der Waals surface area (Å²) in [5.41, 5.74) is 12.7. The molecule has 3 aromatic carbocycles. The number of benzene rings is 3. The zero-order chi connectivity index (χ0) is 21.5. The maximum absolute atomic E-state index is 12.2. The van der Waals surface area contributed by atoms with Gasteiger partial charge in [-0.2, -0.15) is 0 Å². The molecule has 0 spiro atoms. The molecule has 0 fully saturated rings. The van der Waals surface area contributed by atoms with Gasteiger partial charge in [-0.05, 0) is 46.8 Å². The van der Waals surface area contributed by atoms with Crippen molar-refractivity contribution >= 4 is 6.09 Å². The molecule has 156 valence electrons. The molecule has 0 atom stereocenters. The van der Waals surface area contributed by atoms with Crippen molar-refractivity contribution in [3.63, 3.8) is 0 Å². The van der Waals surface area contributed by atoms with Crippen LogP contribution >= 0.6 is 0 Å². The van der Waals surface area contributed by atoms with Gasteiger partial charge < -0.3 is 15.8 Å². The lowest BCUT2D eigenvalue weighted by atomic mass is 9.98. The molecule has 0 heterocycles. The van der Waals surface area contributed by atoms with Crippen LogP contribution in [-0.2, 0) is 11.2 Å². The Morgan fingerprint density at radius 2 is 1.58 bits per heavy atom. The molecule has 0 aromatic heterocycles. The molecule has 1 amide bonds. The van der Waals surface area contributed by atoms with E-state index >= 15 is 0 Å². The Morgan fingerprint density at radius 1 is 0.935 bits per heavy atom. The third-order valence-corrected chi connectivity index (χ3v) is 5.52. The minimum Gasteiger partial charge on any atom is -0.449 e. The molecule has 0 aliphatic heterocycles. The first-order chi connectivity index (χ1) is 15.3. The smallest absolute Gasteiger partial charge is 0.407 e. The van der Waals surface area contributed by atoms with E-state index in [9.17, 15) is 4.79 Å². The number of carbonyl (C=O) groups is 1. The number of nitrogens with two attached hydrogens (primary N) is 1. The van der Waals surface area contributed by atoms with Crippen LogP contribution in [0.3, 0.4) is 0 Å². The highest BCUT2D eigenvalue weighted by Crippen LogP contribution is 2.44. The van der Waals surface area contributed by atoms with Crippen molar-refractivity contribution < 1.29 is 9.53 Å². The van der Waals surface area contributed by atoms with Gasteiger partial charge in [-0.3, -0.25) is 0 Å². The van der Waals surface area contributed by atoms with Gasteiger partial charge in [-0.25, -0.2) is 4.79 Å². The number of rotatable bonds is 6. The summed E-state index contributed by atoms with van der Waals surface area (Å²) in [6.45, 7) is 1.36. The molecular weight excluding hydrogens is 384 g/mol. The molecule has 0 radical (unpaired) electrons. The van der Waals surface area contributed by atoms with Crippen molar-refractivity contribution in [1.82, 2.24) is 5.32 Å². The first kappa shape index (κ1) is 20.7. The molecule has 0 bridgehead atoms. The van der Waals surface area contributed by atoms with Crippen molar-refractivity contribution in [2.45, 2.75) is 18.8 Å². The van der Waals surface area contributed by atoms with Crippen molar-refractivity contribution in [3.05, 3.63) is 95.1 Å². The standard InChI is InChI=1S/C27H26N2O2/c28-17-16-21-10-2-1-9-20(21)11-7-8-18-29-27(30)31-19-26-24-14-5-3-12-22(24)23-13-4-6-15-25(23)26/h1-6,9-10,12-15,26H,8,16-19,28H2,(H,29,30). The van der Waals surface area contributed by atoms with Crippen LogP contribution in [0.5, 0.6) is 0 Å². The Morgan fingerprint density at radius 3 is 2.29 bits per heavy atom. The van der Waals surface area contributed by atoms with Gasteiger partial charge in [0.05, 0.1) is 0 Å².